The van der Waals surface area contributed by atoms with Crippen LogP contribution in [0.3, 0.4) is 0 Å². The molecule has 3 rings (SSSR count). The molecule has 0 aromatic heterocycles. The number of methoxy groups -OCH3 is 1. The van der Waals surface area contributed by atoms with Gasteiger partial charge in [-0.15, -0.1) is 0 Å². The third-order valence-corrected chi connectivity index (χ3v) is 5.31. The van der Waals surface area contributed by atoms with Crippen LogP contribution in [0.2, 0.25) is 0 Å². The molecule has 5 heteroatoms. The van der Waals surface area contributed by atoms with Crippen molar-refractivity contribution in [2.24, 2.45) is 5.92 Å². The van der Waals surface area contributed by atoms with Crippen molar-refractivity contribution in [3.05, 3.63) is 59.7 Å². The van der Waals surface area contributed by atoms with Gasteiger partial charge in [-0.1, -0.05) is 36.4 Å². The van der Waals surface area contributed by atoms with Crippen LogP contribution in [0, 0.1) is 17.2 Å². The second kappa shape index (κ2) is 9.18. The van der Waals surface area contributed by atoms with Crippen LogP contribution in [0.15, 0.2) is 48.5 Å². The van der Waals surface area contributed by atoms with E-state index in [0.717, 1.165) is 29.5 Å². The number of hydrogen-bond acceptors (Lipinski definition) is 4. The monoisotopic (exact) mass is 376 g/mol. The summed E-state index contributed by atoms with van der Waals surface area (Å²) >= 11 is 0. The van der Waals surface area contributed by atoms with Crippen LogP contribution in [-0.4, -0.2) is 37.0 Å². The highest BCUT2D eigenvalue weighted by Gasteiger charge is 2.24. The van der Waals surface area contributed by atoms with Crippen LogP contribution in [-0.2, 0) is 20.7 Å². The van der Waals surface area contributed by atoms with Gasteiger partial charge in [-0.3, -0.25) is 9.59 Å². The van der Waals surface area contributed by atoms with Crippen LogP contribution < -0.4 is 0 Å². The SMILES string of the molecule is COC(=O)CC1CCN(C(=O)Cc2ccc(-c3ccc(C#N)cc3)cc2)CC1. The smallest absolute Gasteiger partial charge is 0.305 e. The lowest BCUT2D eigenvalue weighted by atomic mass is 9.93. The molecular weight excluding hydrogens is 352 g/mol. The van der Waals surface area contributed by atoms with Crippen LogP contribution in [0.4, 0.5) is 0 Å². The zero-order valence-electron chi connectivity index (χ0n) is 16.1. The molecule has 0 N–H and O–H groups in total. The summed E-state index contributed by atoms with van der Waals surface area (Å²) in [5.41, 5.74) is 3.73. The Kier molecular flexibility index (Phi) is 6.44. The molecule has 1 aliphatic rings. The summed E-state index contributed by atoms with van der Waals surface area (Å²) < 4.78 is 4.73. The van der Waals surface area contributed by atoms with Gasteiger partial charge in [0.15, 0.2) is 0 Å². The van der Waals surface area contributed by atoms with Crippen LogP contribution in [0.25, 0.3) is 11.1 Å². The summed E-state index contributed by atoms with van der Waals surface area (Å²) in [5.74, 6) is 0.262. The van der Waals surface area contributed by atoms with Gasteiger partial charge in [-0.05, 0) is 47.6 Å². The van der Waals surface area contributed by atoms with Crippen molar-refractivity contribution in [1.82, 2.24) is 4.90 Å². The quantitative estimate of drug-likeness (QED) is 0.748. The van der Waals surface area contributed by atoms with Crippen molar-refractivity contribution in [1.29, 1.82) is 5.26 Å². The molecule has 28 heavy (non-hydrogen) atoms. The molecule has 1 aliphatic heterocycles. The summed E-state index contributed by atoms with van der Waals surface area (Å²) in [5, 5.41) is 8.88. The van der Waals surface area contributed by atoms with E-state index < -0.39 is 0 Å². The Labute approximate surface area is 165 Å². The first-order valence-corrected chi connectivity index (χ1v) is 9.53. The normalized spacial score (nSPS) is 14.4. The number of esters is 1. The number of nitrogens with zero attached hydrogens (tertiary/aromatic N) is 2. The lowest BCUT2D eigenvalue weighted by Gasteiger charge is -2.31. The molecule has 0 radical (unpaired) electrons. The molecule has 2 aromatic rings. The number of carbonyl (C=O) groups excluding carboxylic acids is 2. The Morgan fingerprint density at radius 3 is 2.14 bits per heavy atom. The van der Waals surface area contributed by atoms with Crippen molar-refractivity contribution in [3.63, 3.8) is 0 Å². The number of likely N-dealkylation sites (tertiary alicyclic amines) is 1. The third kappa shape index (κ3) is 4.98. The molecule has 5 nitrogen and oxygen atoms in total. The number of nitriles is 1. The van der Waals surface area contributed by atoms with Crippen molar-refractivity contribution in [2.75, 3.05) is 20.2 Å². The Bertz CT molecular complexity index is 858. The molecule has 2 aromatic carbocycles. The van der Waals surface area contributed by atoms with E-state index in [0.29, 0.717) is 37.4 Å². The molecule has 0 saturated carbocycles. The van der Waals surface area contributed by atoms with Crippen molar-refractivity contribution in [2.45, 2.75) is 25.7 Å². The molecule has 1 saturated heterocycles. The molecule has 144 valence electrons. The van der Waals surface area contributed by atoms with E-state index in [2.05, 4.69) is 6.07 Å². The lowest BCUT2D eigenvalue weighted by molar-refractivity contribution is -0.142. The number of amides is 1. The average molecular weight is 376 g/mol. The zero-order chi connectivity index (χ0) is 19.9. The van der Waals surface area contributed by atoms with E-state index in [1.54, 1.807) is 12.1 Å². The zero-order valence-corrected chi connectivity index (χ0v) is 16.1. The lowest BCUT2D eigenvalue weighted by Crippen LogP contribution is -2.39. The minimum absolute atomic E-state index is 0.127. The van der Waals surface area contributed by atoms with E-state index in [4.69, 9.17) is 10.00 Å². The highest BCUT2D eigenvalue weighted by Crippen LogP contribution is 2.23. The molecule has 1 amide bonds. The predicted molar refractivity (Wildman–Crippen MR) is 106 cm³/mol. The van der Waals surface area contributed by atoms with Gasteiger partial charge >= 0.3 is 5.97 Å². The Hall–Kier alpha value is -3.13. The van der Waals surface area contributed by atoms with Gasteiger partial charge < -0.3 is 9.64 Å². The molecule has 0 aliphatic carbocycles. The highest BCUT2D eigenvalue weighted by molar-refractivity contribution is 5.79. The summed E-state index contributed by atoms with van der Waals surface area (Å²) in [4.78, 5) is 25.9. The Balaban J connectivity index is 1.53. The van der Waals surface area contributed by atoms with E-state index in [-0.39, 0.29) is 11.9 Å². The van der Waals surface area contributed by atoms with E-state index in [9.17, 15) is 9.59 Å². The van der Waals surface area contributed by atoms with Gasteiger partial charge in [-0.2, -0.15) is 5.26 Å². The summed E-state index contributed by atoms with van der Waals surface area (Å²) in [6, 6.07) is 17.6. The van der Waals surface area contributed by atoms with Crippen LogP contribution >= 0.6 is 0 Å². The van der Waals surface area contributed by atoms with E-state index >= 15 is 0 Å². The molecular formula is C23H24N2O3. The van der Waals surface area contributed by atoms with E-state index in [1.165, 1.54) is 7.11 Å². The van der Waals surface area contributed by atoms with Gasteiger partial charge in [0.25, 0.3) is 0 Å². The molecule has 1 fully saturated rings. The van der Waals surface area contributed by atoms with Crippen LogP contribution in [0.5, 0.6) is 0 Å². The number of ether oxygens (including phenoxy) is 1. The first-order valence-electron chi connectivity index (χ1n) is 9.53. The number of benzene rings is 2. The first kappa shape index (κ1) is 19.6. The third-order valence-electron chi connectivity index (χ3n) is 5.31. The first-order chi connectivity index (χ1) is 13.6. The topological polar surface area (TPSA) is 70.4 Å². The maximum atomic E-state index is 12.6. The maximum Gasteiger partial charge on any atom is 0.305 e. The Morgan fingerprint density at radius 1 is 1.04 bits per heavy atom. The minimum atomic E-state index is -0.174. The van der Waals surface area contributed by atoms with Crippen molar-refractivity contribution in [3.8, 4) is 17.2 Å². The average Bonchev–Trinajstić information content (AvgIpc) is 2.74. The summed E-state index contributed by atoms with van der Waals surface area (Å²) in [7, 11) is 1.41. The van der Waals surface area contributed by atoms with Gasteiger partial charge in [0.05, 0.1) is 25.2 Å². The second-order valence-corrected chi connectivity index (χ2v) is 7.17. The van der Waals surface area contributed by atoms with Gasteiger partial charge in [0, 0.05) is 19.5 Å². The number of carbonyl (C=O) groups is 2. The number of rotatable bonds is 5. The minimum Gasteiger partial charge on any atom is -0.469 e. The predicted octanol–water partition coefficient (Wildman–Crippen LogP) is 3.57. The number of piperidine rings is 1. The van der Waals surface area contributed by atoms with Crippen LogP contribution in [0.1, 0.15) is 30.4 Å². The largest absolute Gasteiger partial charge is 0.469 e. The maximum absolute atomic E-state index is 12.6. The van der Waals surface area contributed by atoms with Gasteiger partial charge in [0.2, 0.25) is 5.91 Å². The molecule has 1 heterocycles. The molecule has 0 bridgehead atoms. The fraction of sp³-hybridized carbons (Fsp3) is 0.348. The Morgan fingerprint density at radius 2 is 1.61 bits per heavy atom. The summed E-state index contributed by atoms with van der Waals surface area (Å²) in [6.45, 7) is 1.40. The molecule has 0 unspecified atom stereocenters. The fourth-order valence-electron chi connectivity index (χ4n) is 3.54. The summed E-state index contributed by atoms with van der Waals surface area (Å²) in [6.07, 6.45) is 2.52. The van der Waals surface area contributed by atoms with Crippen molar-refractivity contribution < 1.29 is 14.3 Å². The van der Waals surface area contributed by atoms with Gasteiger partial charge in [-0.25, -0.2) is 0 Å². The second-order valence-electron chi connectivity index (χ2n) is 7.17. The van der Waals surface area contributed by atoms with E-state index in [1.807, 2.05) is 41.3 Å². The van der Waals surface area contributed by atoms with Crippen molar-refractivity contribution >= 4 is 11.9 Å². The standard InChI is InChI=1S/C23H24N2O3/c1-28-23(27)15-18-10-12-25(13-11-18)22(26)14-17-2-6-20(7-3-17)21-8-4-19(16-24)5-9-21/h2-9,18H,10-15H2,1H3. The molecule has 0 atom stereocenters. The highest BCUT2D eigenvalue weighted by atomic mass is 16.5. The van der Waals surface area contributed by atoms with Gasteiger partial charge in [0.1, 0.15) is 0 Å². The molecule has 0 spiro atoms. The number of hydrogen-bond donors (Lipinski definition) is 0. The fourth-order valence-corrected chi connectivity index (χ4v) is 3.54.